The van der Waals surface area contributed by atoms with Gasteiger partial charge in [-0.05, 0) is 51.0 Å². The second kappa shape index (κ2) is 11.5. The molecule has 0 unspecified atom stereocenters. The van der Waals surface area contributed by atoms with Crippen LogP contribution in [0.25, 0.3) is 0 Å². The first kappa shape index (κ1) is 24.4. The molecule has 2 N–H and O–H groups in total. The van der Waals surface area contributed by atoms with Crippen LogP contribution in [-0.4, -0.2) is 54.4 Å². The van der Waals surface area contributed by atoms with Crippen molar-refractivity contribution >= 4 is 0 Å². The monoisotopic (exact) mass is 412 g/mol. The van der Waals surface area contributed by atoms with Crippen molar-refractivity contribution in [2.75, 3.05) is 26.2 Å². The van der Waals surface area contributed by atoms with Gasteiger partial charge >= 0.3 is 0 Å². The molecule has 0 aliphatic carbocycles. The van der Waals surface area contributed by atoms with Crippen molar-refractivity contribution in [2.45, 2.75) is 65.1 Å². The Balaban J connectivity index is 1.77. The van der Waals surface area contributed by atoms with Crippen LogP contribution >= 0.6 is 0 Å². The van der Waals surface area contributed by atoms with Crippen LogP contribution in [0.2, 0.25) is 0 Å². The molecule has 0 aliphatic heterocycles. The molecule has 0 radical (unpaired) electrons. The summed E-state index contributed by atoms with van der Waals surface area (Å²) in [5, 5.41) is 13.6. The smallest absolute Gasteiger partial charge is 0.119 e. The summed E-state index contributed by atoms with van der Waals surface area (Å²) < 4.78 is 5.80. The molecule has 30 heavy (non-hydrogen) atoms. The zero-order valence-electron chi connectivity index (χ0n) is 19.6. The van der Waals surface area contributed by atoms with E-state index >= 15 is 0 Å². The van der Waals surface area contributed by atoms with E-state index in [1.807, 2.05) is 18.2 Å². The van der Waals surface area contributed by atoms with E-state index in [9.17, 15) is 5.11 Å². The third-order valence-electron chi connectivity index (χ3n) is 5.77. The fourth-order valence-electron chi connectivity index (χ4n) is 3.83. The molecular formula is C26H40N2O2. The van der Waals surface area contributed by atoms with Crippen LogP contribution in [-0.2, 0) is 5.41 Å². The maximum absolute atomic E-state index is 10.2. The van der Waals surface area contributed by atoms with E-state index in [4.69, 9.17) is 4.74 Å². The third kappa shape index (κ3) is 7.12. The van der Waals surface area contributed by atoms with Gasteiger partial charge in [0.1, 0.15) is 18.5 Å². The highest BCUT2D eigenvalue weighted by atomic mass is 16.5. The Morgan fingerprint density at radius 3 is 2.03 bits per heavy atom. The van der Waals surface area contributed by atoms with Crippen molar-refractivity contribution in [1.29, 1.82) is 0 Å². The van der Waals surface area contributed by atoms with E-state index in [2.05, 4.69) is 88.2 Å². The van der Waals surface area contributed by atoms with Crippen molar-refractivity contribution < 1.29 is 9.84 Å². The largest absolute Gasteiger partial charge is 0.491 e. The van der Waals surface area contributed by atoms with Crippen LogP contribution in [0.5, 0.6) is 5.75 Å². The van der Waals surface area contributed by atoms with Gasteiger partial charge in [-0.3, -0.25) is 4.90 Å². The molecule has 0 aliphatic rings. The highest BCUT2D eigenvalue weighted by Crippen LogP contribution is 2.32. The first-order chi connectivity index (χ1) is 14.2. The van der Waals surface area contributed by atoms with Crippen molar-refractivity contribution in [3.05, 3.63) is 65.7 Å². The van der Waals surface area contributed by atoms with E-state index < -0.39 is 6.10 Å². The standard InChI is InChI=1S/C26H40N2O2/c1-20(2)28(21(3)4)17-16-27-18-24(29)19-30-25-14-12-23(13-15-25)26(5,6)22-10-8-7-9-11-22/h7-15,20-21,24,27,29H,16-19H2,1-6H3/t24-/m1/s1. The minimum Gasteiger partial charge on any atom is -0.491 e. The molecule has 0 aromatic heterocycles. The lowest BCUT2D eigenvalue weighted by Gasteiger charge is -2.30. The van der Waals surface area contributed by atoms with Gasteiger partial charge in [-0.1, -0.05) is 56.3 Å². The molecule has 0 saturated heterocycles. The molecule has 2 aromatic rings. The summed E-state index contributed by atoms with van der Waals surface area (Å²) >= 11 is 0. The predicted octanol–water partition coefficient (Wildman–Crippen LogP) is 4.46. The summed E-state index contributed by atoms with van der Waals surface area (Å²) in [6.07, 6.45) is -0.531. The number of nitrogens with one attached hydrogen (secondary N) is 1. The number of rotatable bonds is 12. The minimum atomic E-state index is -0.531. The molecule has 4 nitrogen and oxygen atoms in total. The number of ether oxygens (including phenoxy) is 1. The summed E-state index contributed by atoms with van der Waals surface area (Å²) in [6, 6.07) is 19.8. The number of benzene rings is 2. The Morgan fingerprint density at radius 1 is 0.900 bits per heavy atom. The first-order valence-corrected chi connectivity index (χ1v) is 11.1. The van der Waals surface area contributed by atoms with Crippen LogP contribution in [0.15, 0.2) is 54.6 Å². The molecule has 0 amide bonds. The van der Waals surface area contributed by atoms with Gasteiger partial charge in [0.05, 0.1) is 0 Å². The van der Waals surface area contributed by atoms with Crippen molar-refractivity contribution in [3.63, 3.8) is 0 Å². The van der Waals surface area contributed by atoms with Crippen molar-refractivity contribution in [2.24, 2.45) is 0 Å². The topological polar surface area (TPSA) is 44.7 Å². The number of hydrogen-bond acceptors (Lipinski definition) is 4. The molecule has 2 aromatic carbocycles. The summed E-state index contributed by atoms with van der Waals surface area (Å²) in [7, 11) is 0. The summed E-state index contributed by atoms with van der Waals surface area (Å²) in [6.45, 7) is 16.0. The molecule has 0 saturated carbocycles. The van der Waals surface area contributed by atoms with Gasteiger partial charge in [0, 0.05) is 37.1 Å². The van der Waals surface area contributed by atoms with Crippen molar-refractivity contribution in [1.82, 2.24) is 10.2 Å². The zero-order valence-corrected chi connectivity index (χ0v) is 19.6. The Labute approximate surface area is 183 Å². The molecule has 4 heteroatoms. The third-order valence-corrected chi connectivity index (χ3v) is 5.77. The van der Waals surface area contributed by atoms with Gasteiger partial charge in [0.15, 0.2) is 0 Å². The summed E-state index contributed by atoms with van der Waals surface area (Å²) in [4.78, 5) is 2.44. The van der Waals surface area contributed by atoms with Gasteiger partial charge in [-0.2, -0.15) is 0 Å². The van der Waals surface area contributed by atoms with Crippen LogP contribution < -0.4 is 10.1 Å². The summed E-state index contributed by atoms with van der Waals surface area (Å²) in [5.41, 5.74) is 2.46. The SMILES string of the molecule is CC(C)N(CCNC[C@@H](O)COc1ccc(C(C)(C)c2ccccc2)cc1)C(C)C. The molecule has 0 bridgehead atoms. The highest BCUT2D eigenvalue weighted by Gasteiger charge is 2.22. The van der Waals surface area contributed by atoms with Crippen molar-refractivity contribution in [3.8, 4) is 5.75 Å². The average molecular weight is 413 g/mol. The zero-order chi connectivity index (χ0) is 22.1. The average Bonchev–Trinajstić information content (AvgIpc) is 2.72. The number of aliphatic hydroxyl groups is 1. The molecule has 166 valence electrons. The molecule has 0 spiro atoms. The van der Waals surface area contributed by atoms with Crippen LogP contribution in [0.3, 0.4) is 0 Å². The van der Waals surface area contributed by atoms with Crippen LogP contribution in [0.1, 0.15) is 52.7 Å². The normalized spacial score (nSPS) is 13.3. The quantitative estimate of drug-likeness (QED) is 0.505. The highest BCUT2D eigenvalue weighted by molar-refractivity contribution is 5.39. The van der Waals surface area contributed by atoms with Gasteiger partial charge < -0.3 is 15.2 Å². The number of nitrogens with zero attached hydrogens (tertiary/aromatic N) is 1. The predicted molar refractivity (Wildman–Crippen MR) is 126 cm³/mol. The lowest BCUT2D eigenvalue weighted by atomic mass is 9.78. The Morgan fingerprint density at radius 2 is 1.47 bits per heavy atom. The number of hydrogen-bond donors (Lipinski definition) is 2. The van der Waals surface area contributed by atoms with E-state index in [0.717, 1.165) is 18.8 Å². The molecule has 0 heterocycles. The fraction of sp³-hybridized carbons (Fsp3) is 0.538. The Kier molecular flexibility index (Phi) is 9.35. The van der Waals surface area contributed by atoms with Crippen LogP contribution in [0.4, 0.5) is 0 Å². The lowest BCUT2D eigenvalue weighted by Crippen LogP contribution is -2.43. The molecular weight excluding hydrogens is 372 g/mol. The molecule has 1 atom stereocenters. The maximum atomic E-state index is 10.2. The second-order valence-electron chi connectivity index (χ2n) is 9.11. The minimum absolute atomic E-state index is 0.0664. The van der Waals surface area contributed by atoms with Gasteiger partial charge in [0.2, 0.25) is 0 Å². The van der Waals surface area contributed by atoms with E-state index in [1.165, 1.54) is 11.1 Å². The van der Waals surface area contributed by atoms with Gasteiger partial charge in [0.25, 0.3) is 0 Å². The Bertz CT molecular complexity index is 718. The van der Waals surface area contributed by atoms with E-state index in [-0.39, 0.29) is 12.0 Å². The maximum Gasteiger partial charge on any atom is 0.119 e. The fourth-order valence-corrected chi connectivity index (χ4v) is 3.83. The van der Waals surface area contributed by atoms with Crippen LogP contribution in [0, 0.1) is 0 Å². The Hall–Kier alpha value is -1.88. The van der Waals surface area contributed by atoms with E-state index in [0.29, 0.717) is 18.6 Å². The van der Waals surface area contributed by atoms with Gasteiger partial charge in [-0.15, -0.1) is 0 Å². The molecule has 0 fully saturated rings. The second-order valence-corrected chi connectivity index (χ2v) is 9.11. The number of aliphatic hydroxyl groups excluding tert-OH is 1. The molecule has 2 rings (SSSR count). The first-order valence-electron chi connectivity index (χ1n) is 11.1. The van der Waals surface area contributed by atoms with Gasteiger partial charge in [-0.25, -0.2) is 0 Å². The van der Waals surface area contributed by atoms with E-state index in [1.54, 1.807) is 0 Å². The lowest BCUT2D eigenvalue weighted by molar-refractivity contribution is 0.104. The summed E-state index contributed by atoms with van der Waals surface area (Å²) in [5.74, 6) is 0.785.